The molecule has 0 amide bonds. The smallest absolute Gasteiger partial charge is 0.181 e. The summed E-state index contributed by atoms with van der Waals surface area (Å²) in [5.41, 5.74) is 2.95. The highest BCUT2D eigenvalue weighted by Crippen LogP contribution is 2.34. The van der Waals surface area contributed by atoms with E-state index in [-0.39, 0.29) is 23.0 Å². The van der Waals surface area contributed by atoms with Crippen LogP contribution in [0.4, 0.5) is 10.2 Å². The van der Waals surface area contributed by atoms with Gasteiger partial charge in [-0.15, -0.1) is 0 Å². The van der Waals surface area contributed by atoms with Gasteiger partial charge in [0.2, 0.25) is 0 Å². The summed E-state index contributed by atoms with van der Waals surface area (Å²) >= 11 is 0. The molecule has 0 bridgehead atoms. The van der Waals surface area contributed by atoms with Gasteiger partial charge in [0.1, 0.15) is 11.6 Å². The molecule has 1 saturated carbocycles. The molecular formula is C25H27FN2O2S. The van der Waals surface area contributed by atoms with E-state index in [0.717, 1.165) is 35.3 Å². The lowest BCUT2D eigenvalue weighted by Gasteiger charge is -2.27. The number of aromatic nitrogens is 1. The highest BCUT2D eigenvalue weighted by Gasteiger charge is 2.36. The first-order valence-electron chi connectivity index (χ1n) is 10.6. The first kappa shape index (κ1) is 21.5. The molecule has 0 radical (unpaired) electrons. The maximum atomic E-state index is 13.8. The number of nitrogens with zero attached hydrogens (tertiary/aromatic N) is 1. The third-order valence-corrected chi connectivity index (χ3v) is 8.20. The third-order valence-electron chi connectivity index (χ3n) is 5.92. The fourth-order valence-electron chi connectivity index (χ4n) is 3.93. The van der Waals surface area contributed by atoms with Gasteiger partial charge in [-0.1, -0.05) is 30.3 Å². The summed E-state index contributed by atoms with van der Waals surface area (Å²) in [5.74, 6) is 0.552. The number of aryl methyl sites for hydroxylation is 1. The zero-order valence-corrected chi connectivity index (χ0v) is 18.6. The van der Waals surface area contributed by atoms with Crippen LogP contribution < -0.4 is 5.32 Å². The van der Waals surface area contributed by atoms with Crippen LogP contribution in [0.1, 0.15) is 42.4 Å². The number of sulfone groups is 1. The Morgan fingerprint density at radius 1 is 1.10 bits per heavy atom. The van der Waals surface area contributed by atoms with E-state index in [1.807, 2.05) is 37.3 Å². The van der Waals surface area contributed by atoms with E-state index in [1.165, 1.54) is 6.07 Å². The van der Waals surface area contributed by atoms with Gasteiger partial charge in [-0.2, -0.15) is 0 Å². The summed E-state index contributed by atoms with van der Waals surface area (Å²) in [6, 6.07) is 17.7. The van der Waals surface area contributed by atoms with Crippen molar-refractivity contribution in [3.8, 4) is 0 Å². The van der Waals surface area contributed by atoms with Crippen molar-refractivity contribution in [1.82, 2.24) is 4.98 Å². The van der Waals surface area contributed by atoms with Crippen molar-refractivity contribution in [2.24, 2.45) is 0 Å². The monoisotopic (exact) mass is 438 g/mol. The zero-order valence-electron chi connectivity index (χ0n) is 17.8. The second-order valence-corrected chi connectivity index (χ2v) is 10.6. The largest absolute Gasteiger partial charge is 0.367 e. The first-order valence-corrected chi connectivity index (χ1v) is 12.2. The molecule has 2 atom stereocenters. The second kappa shape index (κ2) is 8.79. The Morgan fingerprint density at radius 2 is 1.84 bits per heavy atom. The molecule has 1 N–H and O–H groups in total. The summed E-state index contributed by atoms with van der Waals surface area (Å²) in [6.07, 6.45) is 3.86. The lowest BCUT2D eigenvalue weighted by Crippen LogP contribution is -2.27. The SMILES string of the molecule is Cc1cccnc1NC(C)C(Cc1cccc(F)c1)c1ccc(S(=O)(=O)C2CC2)cc1. The normalized spacial score (nSPS) is 16.0. The van der Waals surface area contributed by atoms with E-state index in [0.29, 0.717) is 11.3 Å². The Labute approximate surface area is 183 Å². The number of hydrogen-bond donors (Lipinski definition) is 1. The number of nitrogens with one attached hydrogen (secondary N) is 1. The van der Waals surface area contributed by atoms with E-state index < -0.39 is 9.84 Å². The molecule has 2 aromatic carbocycles. The van der Waals surface area contributed by atoms with E-state index in [9.17, 15) is 12.8 Å². The van der Waals surface area contributed by atoms with E-state index in [2.05, 4.69) is 17.2 Å². The zero-order chi connectivity index (χ0) is 22.0. The van der Waals surface area contributed by atoms with Crippen molar-refractivity contribution in [2.75, 3.05) is 5.32 Å². The molecule has 1 heterocycles. The van der Waals surface area contributed by atoms with E-state index in [4.69, 9.17) is 0 Å². The summed E-state index contributed by atoms with van der Waals surface area (Å²) in [7, 11) is -3.22. The molecule has 0 spiro atoms. The van der Waals surface area contributed by atoms with Crippen LogP contribution in [0.15, 0.2) is 71.8 Å². The molecular weight excluding hydrogens is 411 g/mol. The number of anilines is 1. The molecule has 31 heavy (non-hydrogen) atoms. The fraction of sp³-hybridized carbons (Fsp3) is 0.320. The highest BCUT2D eigenvalue weighted by atomic mass is 32.2. The maximum absolute atomic E-state index is 13.8. The van der Waals surface area contributed by atoms with Crippen molar-refractivity contribution in [2.45, 2.75) is 55.2 Å². The molecule has 1 aliphatic rings. The molecule has 162 valence electrons. The van der Waals surface area contributed by atoms with Crippen molar-refractivity contribution in [1.29, 1.82) is 0 Å². The third kappa shape index (κ3) is 4.96. The Bertz CT molecular complexity index is 1160. The molecule has 1 aliphatic carbocycles. The van der Waals surface area contributed by atoms with Gasteiger partial charge in [0.15, 0.2) is 9.84 Å². The van der Waals surface area contributed by atoms with Crippen molar-refractivity contribution in [3.63, 3.8) is 0 Å². The standard InChI is InChI=1S/C25H27FN2O2S/c1-17-5-4-14-27-25(17)28-18(2)24(16-19-6-3-7-21(26)15-19)20-8-10-22(11-9-20)31(29,30)23-12-13-23/h3-11,14-15,18,23-24H,12-13,16H2,1-2H3,(H,27,28). The van der Waals surface area contributed by atoms with Gasteiger partial charge in [-0.05, 0) is 80.1 Å². The van der Waals surface area contributed by atoms with Crippen LogP contribution in [0.2, 0.25) is 0 Å². The molecule has 1 fully saturated rings. The topological polar surface area (TPSA) is 59.1 Å². The number of rotatable bonds is 8. The van der Waals surface area contributed by atoms with Crippen molar-refractivity contribution >= 4 is 15.7 Å². The average molecular weight is 439 g/mol. The predicted molar refractivity (Wildman–Crippen MR) is 122 cm³/mol. The molecule has 2 unspecified atom stereocenters. The van der Waals surface area contributed by atoms with Crippen LogP contribution >= 0.6 is 0 Å². The predicted octanol–water partition coefficient (Wildman–Crippen LogP) is 5.29. The Balaban J connectivity index is 1.63. The van der Waals surface area contributed by atoms with Crippen LogP contribution in [-0.2, 0) is 16.3 Å². The number of hydrogen-bond acceptors (Lipinski definition) is 4. The van der Waals surface area contributed by atoms with Crippen LogP contribution in [0.3, 0.4) is 0 Å². The lowest BCUT2D eigenvalue weighted by molar-refractivity contribution is 0.584. The van der Waals surface area contributed by atoms with Gasteiger partial charge in [0.05, 0.1) is 10.1 Å². The molecule has 6 heteroatoms. The quantitative estimate of drug-likeness (QED) is 0.519. The van der Waals surface area contributed by atoms with Gasteiger partial charge in [0, 0.05) is 18.2 Å². The number of halogens is 1. The Morgan fingerprint density at radius 3 is 2.48 bits per heavy atom. The number of benzene rings is 2. The maximum Gasteiger partial charge on any atom is 0.181 e. The molecule has 4 rings (SSSR count). The van der Waals surface area contributed by atoms with Crippen LogP contribution in [0, 0.1) is 12.7 Å². The highest BCUT2D eigenvalue weighted by molar-refractivity contribution is 7.92. The molecule has 0 aliphatic heterocycles. The molecule has 1 aromatic heterocycles. The minimum atomic E-state index is -3.22. The lowest BCUT2D eigenvalue weighted by atomic mass is 9.86. The van der Waals surface area contributed by atoms with E-state index in [1.54, 1.807) is 30.5 Å². The Hall–Kier alpha value is -2.73. The van der Waals surface area contributed by atoms with Gasteiger partial charge < -0.3 is 5.32 Å². The molecule has 4 nitrogen and oxygen atoms in total. The van der Waals surface area contributed by atoms with Gasteiger partial charge in [-0.25, -0.2) is 17.8 Å². The fourth-order valence-corrected chi connectivity index (χ4v) is 5.59. The van der Waals surface area contributed by atoms with Crippen LogP contribution in [0.25, 0.3) is 0 Å². The van der Waals surface area contributed by atoms with Gasteiger partial charge in [-0.3, -0.25) is 0 Å². The minimum absolute atomic E-state index is 0.000820. The summed E-state index contributed by atoms with van der Waals surface area (Å²) < 4.78 is 38.9. The van der Waals surface area contributed by atoms with E-state index >= 15 is 0 Å². The first-order chi connectivity index (χ1) is 14.8. The van der Waals surface area contributed by atoms with Crippen molar-refractivity contribution in [3.05, 3.63) is 89.4 Å². The summed E-state index contributed by atoms with van der Waals surface area (Å²) in [4.78, 5) is 4.82. The number of pyridine rings is 1. The summed E-state index contributed by atoms with van der Waals surface area (Å²) in [6.45, 7) is 4.08. The minimum Gasteiger partial charge on any atom is -0.367 e. The van der Waals surface area contributed by atoms with Gasteiger partial charge in [0.25, 0.3) is 0 Å². The van der Waals surface area contributed by atoms with Crippen LogP contribution in [-0.4, -0.2) is 24.7 Å². The molecule has 3 aromatic rings. The molecule has 0 saturated heterocycles. The second-order valence-electron chi connectivity index (χ2n) is 8.36. The van der Waals surface area contributed by atoms with Crippen molar-refractivity contribution < 1.29 is 12.8 Å². The average Bonchev–Trinajstić information content (AvgIpc) is 3.60. The summed E-state index contributed by atoms with van der Waals surface area (Å²) in [5, 5.41) is 3.27. The Kier molecular flexibility index (Phi) is 6.10. The van der Waals surface area contributed by atoms with Gasteiger partial charge >= 0.3 is 0 Å². The van der Waals surface area contributed by atoms with Crippen LogP contribution in [0.5, 0.6) is 0 Å².